The summed E-state index contributed by atoms with van der Waals surface area (Å²) >= 11 is 0. The van der Waals surface area contributed by atoms with Gasteiger partial charge in [-0.05, 0) is 32.8 Å². The molecule has 96 valence electrons. The fraction of sp³-hybridized carbons (Fsp3) is 0.615. The number of anilines is 1. The van der Waals surface area contributed by atoms with Gasteiger partial charge in [0, 0.05) is 18.3 Å². The smallest absolute Gasteiger partial charge is 0.268 e. The maximum absolute atomic E-state index is 12.2. The molecule has 0 radical (unpaired) electrons. The van der Waals surface area contributed by atoms with Crippen LogP contribution in [0.5, 0.6) is 0 Å². The number of nitrogens with zero attached hydrogens (tertiary/aromatic N) is 1. The molecule has 1 aromatic rings. The predicted molar refractivity (Wildman–Crippen MR) is 71.0 cm³/mol. The van der Waals surface area contributed by atoms with E-state index in [0.717, 1.165) is 19.4 Å². The number of hydrogen-bond donors (Lipinski definition) is 2. The Morgan fingerprint density at radius 3 is 2.47 bits per heavy atom. The minimum Gasteiger partial charge on any atom is -0.397 e. The number of nitrogens with one attached hydrogen (secondary N) is 1. The lowest BCUT2D eigenvalue weighted by atomic mass is 9.95. The Morgan fingerprint density at radius 1 is 1.41 bits per heavy atom. The van der Waals surface area contributed by atoms with Crippen LogP contribution in [0.15, 0.2) is 12.3 Å². The molecule has 0 aliphatic rings. The van der Waals surface area contributed by atoms with Crippen molar-refractivity contribution in [1.29, 1.82) is 0 Å². The molecule has 0 unspecified atom stereocenters. The second-order valence-electron chi connectivity index (χ2n) is 4.67. The summed E-state index contributed by atoms with van der Waals surface area (Å²) in [4.78, 5) is 12.2. The standard InChI is InChI=1S/C13H23N3O/c1-5-13(4,6-2)15-12(17)11-8-10(14)9-16(11)7-3/h8-9H,5-7,14H2,1-4H3,(H,15,17). The molecule has 3 N–H and O–H groups in total. The highest BCUT2D eigenvalue weighted by Gasteiger charge is 2.24. The van der Waals surface area contributed by atoms with Crippen molar-refractivity contribution in [2.24, 2.45) is 0 Å². The van der Waals surface area contributed by atoms with E-state index in [2.05, 4.69) is 26.1 Å². The highest BCUT2D eigenvalue weighted by Crippen LogP contribution is 2.16. The number of rotatable bonds is 5. The fourth-order valence-electron chi connectivity index (χ4n) is 1.75. The molecular formula is C13H23N3O. The van der Waals surface area contributed by atoms with Crippen molar-refractivity contribution in [3.05, 3.63) is 18.0 Å². The van der Waals surface area contributed by atoms with E-state index in [1.807, 2.05) is 11.5 Å². The first-order valence-corrected chi connectivity index (χ1v) is 6.24. The molecule has 4 heteroatoms. The molecule has 0 saturated carbocycles. The molecule has 0 fully saturated rings. The number of carbonyl (C=O) groups is 1. The van der Waals surface area contributed by atoms with Gasteiger partial charge in [-0.2, -0.15) is 0 Å². The first-order chi connectivity index (χ1) is 7.95. The third kappa shape index (κ3) is 3.02. The molecule has 0 aromatic carbocycles. The van der Waals surface area contributed by atoms with Crippen LogP contribution in [0, 0.1) is 0 Å². The molecule has 1 heterocycles. The highest BCUT2D eigenvalue weighted by atomic mass is 16.2. The Morgan fingerprint density at radius 2 is 2.00 bits per heavy atom. The van der Waals surface area contributed by atoms with E-state index in [0.29, 0.717) is 11.4 Å². The van der Waals surface area contributed by atoms with E-state index in [9.17, 15) is 4.79 Å². The molecule has 1 amide bonds. The van der Waals surface area contributed by atoms with Gasteiger partial charge in [0.2, 0.25) is 0 Å². The third-order valence-electron chi connectivity index (χ3n) is 3.47. The Balaban J connectivity index is 2.89. The molecule has 1 aromatic heterocycles. The number of nitrogens with two attached hydrogens (primary N) is 1. The molecule has 0 saturated heterocycles. The quantitative estimate of drug-likeness (QED) is 0.826. The van der Waals surface area contributed by atoms with Gasteiger partial charge in [0.15, 0.2) is 0 Å². The fourth-order valence-corrected chi connectivity index (χ4v) is 1.75. The van der Waals surface area contributed by atoms with Crippen LogP contribution in [0.1, 0.15) is 51.0 Å². The second kappa shape index (κ2) is 5.25. The monoisotopic (exact) mass is 237 g/mol. The summed E-state index contributed by atoms with van der Waals surface area (Å²) in [5.74, 6) is -0.0465. The summed E-state index contributed by atoms with van der Waals surface area (Å²) in [6, 6.07) is 1.73. The van der Waals surface area contributed by atoms with E-state index in [4.69, 9.17) is 5.73 Å². The Kier molecular flexibility index (Phi) is 4.21. The van der Waals surface area contributed by atoms with Gasteiger partial charge in [0.25, 0.3) is 5.91 Å². The van der Waals surface area contributed by atoms with E-state index in [-0.39, 0.29) is 11.4 Å². The van der Waals surface area contributed by atoms with Crippen molar-refractivity contribution >= 4 is 11.6 Å². The predicted octanol–water partition coefficient (Wildman–Crippen LogP) is 2.40. The van der Waals surface area contributed by atoms with Crippen LogP contribution >= 0.6 is 0 Å². The number of hydrogen-bond acceptors (Lipinski definition) is 2. The molecular weight excluding hydrogens is 214 g/mol. The minimum absolute atomic E-state index is 0.0465. The van der Waals surface area contributed by atoms with Gasteiger partial charge in [-0.25, -0.2) is 0 Å². The molecule has 0 atom stereocenters. The topological polar surface area (TPSA) is 60.0 Å². The van der Waals surface area contributed by atoms with Gasteiger partial charge in [0.05, 0.1) is 5.69 Å². The molecule has 1 rings (SSSR count). The zero-order chi connectivity index (χ0) is 13.1. The summed E-state index contributed by atoms with van der Waals surface area (Å²) in [5.41, 5.74) is 6.84. The van der Waals surface area contributed by atoms with Crippen molar-refractivity contribution in [3.63, 3.8) is 0 Å². The van der Waals surface area contributed by atoms with Gasteiger partial charge in [0.1, 0.15) is 5.69 Å². The first-order valence-electron chi connectivity index (χ1n) is 6.24. The lowest BCUT2D eigenvalue weighted by Gasteiger charge is -2.28. The van der Waals surface area contributed by atoms with Crippen LogP contribution in [0.3, 0.4) is 0 Å². The van der Waals surface area contributed by atoms with Crippen molar-refractivity contribution in [3.8, 4) is 0 Å². The van der Waals surface area contributed by atoms with Crippen LogP contribution in [0.25, 0.3) is 0 Å². The summed E-state index contributed by atoms with van der Waals surface area (Å²) < 4.78 is 1.87. The zero-order valence-electron chi connectivity index (χ0n) is 11.2. The highest BCUT2D eigenvalue weighted by molar-refractivity contribution is 5.94. The molecule has 0 aliphatic heterocycles. The molecule has 0 bridgehead atoms. The second-order valence-corrected chi connectivity index (χ2v) is 4.67. The molecule has 4 nitrogen and oxygen atoms in total. The summed E-state index contributed by atoms with van der Waals surface area (Å²) in [5, 5.41) is 3.08. The van der Waals surface area contributed by atoms with Gasteiger partial charge >= 0.3 is 0 Å². The van der Waals surface area contributed by atoms with Crippen LogP contribution in [0.4, 0.5) is 5.69 Å². The first kappa shape index (κ1) is 13.6. The molecule has 17 heavy (non-hydrogen) atoms. The normalized spacial score (nSPS) is 11.5. The maximum atomic E-state index is 12.2. The maximum Gasteiger partial charge on any atom is 0.268 e. The van der Waals surface area contributed by atoms with E-state index < -0.39 is 0 Å². The Hall–Kier alpha value is -1.45. The van der Waals surface area contributed by atoms with E-state index in [1.54, 1.807) is 12.3 Å². The number of aromatic nitrogens is 1. The van der Waals surface area contributed by atoms with Crippen molar-refractivity contribution < 1.29 is 4.79 Å². The van der Waals surface area contributed by atoms with Crippen LogP contribution in [0.2, 0.25) is 0 Å². The summed E-state index contributed by atoms with van der Waals surface area (Å²) in [6.07, 6.45) is 3.62. The number of carbonyl (C=O) groups excluding carboxylic acids is 1. The zero-order valence-corrected chi connectivity index (χ0v) is 11.2. The summed E-state index contributed by atoms with van der Waals surface area (Å²) in [7, 11) is 0. The van der Waals surface area contributed by atoms with Crippen molar-refractivity contribution in [2.75, 3.05) is 5.73 Å². The number of aryl methyl sites for hydroxylation is 1. The van der Waals surface area contributed by atoms with Gasteiger partial charge < -0.3 is 15.6 Å². The minimum atomic E-state index is -0.144. The largest absolute Gasteiger partial charge is 0.397 e. The van der Waals surface area contributed by atoms with Gasteiger partial charge in [-0.1, -0.05) is 13.8 Å². The van der Waals surface area contributed by atoms with Crippen LogP contribution in [-0.4, -0.2) is 16.0 Å². The lowest BCUT2D eigenvalue weighted by molar-refractivity contribution is 0.0891. The lowest BCUT2D eigenvalue weighted by Crippen LogP contribution is -2.45. The van der Waals surface area contributed by atoms with Gasteiger partial charge in [-0.15, -0.1) is 0 Å². The van der Waals surface area contributed by atoms with Gasteiger partial charge in [-0.3, -0.25) is 4.79 Å². The molecule has 0 spiro atoms. The van der Waals surface area contributed by atoms with E-state index >= 15 is 0 Å². The van der Waals surface area contributed by atoms with Crippen LogP contribution in [-0.2, 0) is 6.54 Å². The summed E-state index contributed by atoms with van der Waals surface area (Å²) in [6.45, 7) is 8.96. The average Bonchev–Trinajstić information content (AvgIpc) is 2.70. The number of amides is 1. The Labute approximate surface area is 103 Å². The Bertz CT molecular complexity index is 391. The average molecular weight is 237 g/mol. The molecule has 0 aliphatic carbocycles. The SMILES string of the molecule is CCn1cc(N)cc1C(=O)NC(C)(CC)CC. The van der Waals surface area contributed by atoms with Crippen molar-refractivity contribution in [2.45, 2.75) is 52.6 Å². The van der Waals surface area contributed by atoms with E-state index in [1.165, 1.54) is 0 Å². The third-order valence-corrected chi connectivity index (χ3v) is 3.47. The van der Waals surface area contributed by atoms with Crippen molar-refractivity contribution in [1.82, 2.24) is 9.88 Å². The van der Waals surface area contributed by atoms with Crippen LogP contribution < -0.4 is 11.1 Å². The number of nitrogen functional groups attached to an aromatic ring is 1.